The summed E-state index contributed by atoms with van der Waals surface area (Å²) in [5.74, 6) is 0.0557. The molecule has 0 unspecified atom stereocenters. The molecule has 1 saturated heterocycles. The third-order valence-corrected chi connectivity index (χ3v) is 6.77. The number of aryl methyl sites for hydroxylation is 1. The van der Waals surface area contributed by atoms with Crippen LogP contribution in [0.2, 0.25) is 0 Å². The quantitative estimate of drug-likeness (QED) is 0.301. The summed E-state index contributed by atoms with van der Waals surface area (Å²) >= 11 is 0. The summed E-state index contributed by atoms with van der Waals surface area (Å²) in [5.41, 5.74) is 4.31. The Morgan fingerprint density at radius 2 is 1.82 bits per heavy atom. The SMILES string of the molecule is C=CC(=O)Nc1cccc(-n2c(C)cc(=O)c3cnc(Nc4ccc(N5CCN(CCO)CC5)cc4)nc32)c1. The van der Waals surface area contributed by atoms with E-state index < -0.39 is 0 Å². The van der Waals surface area contributed by atoms with Gasteiger partial charge in [-0.25, -0.2) is 4.98 Å². The molecule has 3 heterocycles. The normalized spacial score (nSPS) is 13.8. The van der Waals surface area contributed by atoms with Gasteiger partial charge < -0.3 is 20.6 Å². The lowest BCUT2D eigenvalue weighted by Crippen LogP contribution is -2.47. The molecule has 0 atom stereocenters. The molecule has 10 nitrogen and oxygen atoms in total. The van der Waals surface area contributed by atoms with Crippen LogP contribution < -0.4 is 21.0 Å². The third kappa shape index (κ3) is 5.82. The number of aromatic nitrogens is 3. The second-order valence-electron chi connectivity index (χ2n) is 9.38. The van der Waals surface area contributed by atoms with Gasteiger partial charge in [-0.3, -0.25) is 19.1 Å². The second kappa shape index (κ2) is 11.5. The molecule has 0 aliphatic carbocycles. The number of β-amino-alcohol motifs (C(OH)–C–C–N with tert-alkyl or cyclic N) is 1. The third-order valence-electron chi connectivity index (χ3n) is 6.77. The highest BCUT2D eigenvalue weighted by atomic mass is 16.3. The summed E-state index contributed by atoms with van der Waals surface area (Å²) in [6, 6.07) is 17.0. The topological polar surface area (TPSA) is 116 Å². The Hall–Kier alpha value is -4.54. The van der Waals surface area contributed by atoms with Gasteiger partial charge in [-0.15, -0.1) is 0 Å². The van der Waals surface area contributed by atoms with Gasteiger partial charge in [0, 0.05) is 73.4 Å². The molecule has 4 aromatic rings. The van der Waals surface area contributed by atoms with Crippen molar-refractivity contribution in [2.75, 3.05) is 54.9 Å². The highest BCUT2D eigenvalue weighted by molar-refractivity contribution is 5.99. The Kier molecular flexibility index (Phi) is 7.67. The first-order chi connectivity index (χ1) is 18.9. The zero-order chi connectivity index (χ0) is 27.4. The zero-order valence-corrected chi connectivity index (χ0v) is 21.8. The number of amides is 1. The van der Waals surface area contributed by atoms with Gasteiger partial charge in [0.2, 0.25) is 11.9 Å². The maximum absolute atomic E-state index is 12.7. The number of carbonyl (C=O) groups is 1. The second-order valence-corrected chi connectivity index (χ2v) is 9.38. The fourth-order valence-corrected chi connectivity index (χ4v) is 4.77. The van der Waals surface area contributed by atoms with E-state index in [1.807, 2.05) is 41.8 Å². The predicted octanol–water partition coefficient (Wildman–Crippen LogP) is 3.07. The van der Waals surface area contributed by atoms with Crippen molar-refractivity contribution in [2.45, 2.75) is 6.92 Å². The van der Waals surface area contributed by atoms with Gasteiger partial charge in [0.25, 0.3) is 0 Å². The van der Waals surface area contributed by atoms with Crippen molar-refractivity contribution in [3.63, 3.8) is 0 Å². The Balaban J connectivity index is 1.41. The fraction of sp³-hybridized carbons (Fsp3) is 0.241. The van der Waals surface area contributed by atoms with Gasteiger partial charge in [-0.1, -0.05) is 12.6 Å². The van der Waals surface area contributed by atoms with E-state index in [1.165, 1.54) is 12.3 Å². The number of aliphatic hydroxyl groups excluding tert-OH is 1. The first-order valence-corrected chi connectivity index (χ1v) is 12.8. The van der Waals surface area contributed by atoms with Crippen LogP contribution in [0.5, 0.6) is 0 Å². The number of anilines is 4. The van der Waals surface area contributed by atoms with Crippen LogP contribution in [0.3, 0.4) is 0 Å². The molecular formula is C29H31N7O3. The standard InChI is InChI=1S/C29H31N7O3/c1-3-27(39)31-22-5-4-6-24(18-22)36-20(2)17-26(38)25-19-30-29(33-28(25)36)32-21-7-9-23(10-8-21)35-13-11-34(12-14-35)15-16-37/h3-10,17-19,37H,1,11-16H2,2H3,(H,31,39)(H,30,32,33). The van der Waals surface area contributed by atoms with Crippen LogP contribution in [0.15, 0.2) is 78.2 Å². The molecule has 2 aromatic carbocycles. The van der Waals surface area contributed by atoms with Crippen molar-refractivity contribution in [3.05, 3.63) is 89.4 Å². The van der Waals surface area contributed by atoms with Gasteiger partial charge in [0.1, 0.15) is 0 Å². The van der Waals surface area contributed by atoms with E-state index in [-0.39, 0.29) is 17.9 Å². The van der Waals surface area contributed by atoms with E-state index in [9.17, 15) is 9.59 Å². The van der Waals surface area contributed by atoms with Crippen molar-refractivity contribution in [2.24, 2.45) is 0 Å². The molecule has 0 spiro atoms. The molecule has 200 valence electrons. The first kappa shape index (κ1) is 26.1. The van der Waals surface area contributed by atoms with Gasteiger partial charge in [-0.05, 0) is 55.5 Å². The van der Waals surface area contributed by atoms with Crippen molar-refractivity contribution in [3.8, 4) is 5.69 Å². The Labute approximate surface area is 226 Å². The van der Waals surface area contributed by atoms with E-state index in [0.29, 0.717) is 34.9 Å². The molecule has 2 aromatic heterocycles. The largest absolute Gasteiger partial charge is 0.395 e. The van der Waals surface area contributed by atoms with Crippen LogP contribution in [-0.4, -0.2) is 69.8 Å². The zero-order valence-electron chi connectivity index (χ0n) is 21.8. The first-order valence-electron chi connectivity index (χ1n) is 12.8. The van der Waals surface area contributed by atoms with Crippen molar-refractivity contribution in [1.82, 2.24) is 19.4 Å². The highest BCUT2D eigenvalue weighted by Crippen LogP contribution is 2.24. The number of rotatable bonds is 8. The number of pyridine rings is 1. The van der Waals surface area contributed by atoms with Crippen LogP contribution >= 0.6 is 0 Å². The molecule has 3 N–H and O–H groups in total. The molecule has 10 heteroatoms. The minimum atomic E-state index is -0.308. The molecule has 0 saturated carbocycles. The smallest absolute Gasteiger partial charge is 0.247 e. The van der Waals surface area contributed by atoms with E-state index >= 15 is 0 Å². The number of piperazine rings is 1. The summed E-state index contributed by atoms with van der Waals surface area (Å²) in [6.07, 6.45) is 2.75. The Morgan fingerprint density at radius 3 is 2.54 bits per heavy atom. The molecule has 39 heavy (non-hydrogen) atoms. The van der Waals surface area contributed by atoms with Gasteiger partial charge in [0.05, 0.1) is 12.0 Å². The number of hydrogen-bond acceptors (Lipinski definition) is 8. The average Bonchev–Trinajstić information content (AvgIpc) is 2.94. The number of nitrogens with one attached hydrogen (secondary N) is 2. The Bertz CT molecular complexity index is 1560. The molecule has 0 bridgehead atoms. The van der Waals surface area contributed by atoms with E-state index in [2.05, 4.69) is 44.1 Å². The number of carbonyl (C=O) groups excluding carboxylic acids is 1. The molecule has 1 aliphatic rings. The van der Waals surface area contributed by atoms with Crippen molar-refractivity contribution in [1.29, 1.82) is 0 Å². The maximum atomic E-state index is 12.7. The molecule has 0 radical (unpaired) electrons. The fourth-order valence-electron chi connectivity index (χ4n) is 4.77. The molecule has 1 aliphatic heterocycles. The lowest BCUT2D eigenvalue weighted by atomic mass is 10.2. The predicted molar refractivity (Wildman–Crippen MR) is 154 cm³/mol. The lowest BCUT2D eigenvalue weighted by molar-refractivity contribution is -0.111. The van der Waals surface area contributed by atoms with Crippen LogP contribution in [0.1, 0.15) is 5.69 Å². The van der Waals surface area contributed by atoms with Crippen molar-refractivity contribution >= 4 is 40.0 Å². The average molecular weight is 526 g/mol. The molecule has 5 rings (SSSR count). The highest BCUT2D eigenvalue weighted by Gasteiger charge is 2.17. The minimum absolute atomic E-state index is 0.162. The van der Waals surface area contributed by atoms with Crippen LogP contribution in [0.25, 0.3) is 16.7 Å². The number of aliphatic hydroxyl groups is 1. The van der Waals surface area contributed by atoms with Crippen LogP contribution in [0, 0.1) is 6.92 Å². The van der Waals surface area contributed by atoms with Crippen molar-refractivity contribution < 1.29 is 9.90 Å². The van der Waals surface area contributed by atoms with Gasteiger partial charge in [0.15, 0.2) is 11.1 Å². The maximum Gasteiger partial charge on any atom is 0.247 e. The van der Waals surface area contributed by atoms with E-state index in [0.717, 1.165) is 43.2 Å². The lowest BCUT2D eigenvalue weighted by Gasteiger charge is -2.35. The van der Waals surface area contributed by atoms with Crippen LogP contribution in [-0.2, 0) is 4.79 Å². The Morgan fingerprint density at radius 1 is 1.05 bits per heavy atom. The summed E-state index contributed by atoms with van der Waals surface area (Å²) in [4.78, 5) is 38.2. The molecular weight excluding hydrogens is 494 g/mol. The van der Waals surface area contributed by atoms with E-state index in [4.69, 9.17) is 10.1 Å². The summed E-state index contributed by atoms with van der Waals surface area (Å²) in [6.45, 7) is 9.92. The monoisotopic (exact) mass is 525 g/mol. The summed E-state index contributed by atoms with van der Waals surface area (Å²) in [5, 5.41) is 15.6. The number of hydrogen-bond donors (Lipinski definition) is 3. The van der Waals surface area contributed by atoms with Crippen LogP contribution in [0.4, 0.5) is 23.0 Å². The minimum Gasteiger partial charge on any atom is -0.395 e. The number of fused-ring (bicyclic) bond motifs is 1. The number of benzene rings is 2. The van der Waals surface area contributed by atoms with E-state index in [1.54, 1.807) is 12.1 Å². The van der Waals surface area contributed by atoms with Gasteiger partial charge >= 0.3 is 0 Å². The summed E-state index contributed by atoms with van der Waals surface area (Å²) < 4.78 is 1.87. The number of nitrogens with zero attached hydrogens (tertiary/aromatic N) is 5. The molecule has 1 amide bonds. The summed E-state index contributed by atoms with van der Waals surface area (Å²) in [7, 11) is 0. The van der Waals surface area contributed by atoms with Gasteiger partial charge in [-0.2, -0.15) is 4.98 Å². The molecule has 1 fully saturated rings.